The zero-order chi connectivity index (χ0) is 13.9. The van der Waals surface area contributed by atoms with Gasteiger partial charge in [0.15, 0.2) is 0 Å². The zero-order valence-electron chi connectivity index (χ0n) is 11.2. The van der Waals surface area contributed by atoms with Crippen LogP contribution < -0.4 is 5.32 Å². The Kier molecular flexibility index (Phi) is 4.76. The van der Waals surface area contributed by atoms with Crippen molar-refractivity contribution >= 4 is 17.6 Å². The van der Waals surface area contributed by atoms with Crippen molar-refractivity contribution in [3.63, 3.8) is 0 Å². The molecule has 0 spiro atoms. The van der Waals surface area contributed by atoms with Crippen molar-refractivity contribution in [2.75, 3.05) is 0 Å². The molecule has 5 nitrogen and oxygen atoms in total. The smallest absolute Gasteiger partial charge is 0.323 e. The predicted octanol–water partition coefficient (Wildman–Crippen LogP) is 2.11. The molecule has 0 saturated carbocycles. The fourth-order valence-corrected chi connectivity index (χ4v) is 2.25. The SMILES string of the molecule is CCC(CC)(NCc1c(C)nn(C)c1Cl)C(=O)O. The van der Waals surface area contributed by atoms with E-state index in [1.807, 2.05) is 20.8 Å². The van der Waals surface area contributed by atoms with E-state index in [1.165, 1.54) is 0 Å². The standard InChI is InChI=1S/C12H20ClN3O2/c1-5-12(6-2,11(17)18)14-7-9-8(3)15-16(4)10(9)13/h14H,5-7H2,1-4H3,(H,17,18). The van der Waals surface area contributed by atoms with Crippen LogP contribution in [0.25, 0.3) is 0 Å². The molecule has 102 valence electrons. The third kappa shape index (κ3) is 2.67. The summed E-state index contributed by atoms with van der Waals surface area (Å²) in [5.41, 5.74) is 0.777. The molecule has 0 aliphatic carbocycles. The van der Waals surface area contributed by atoms with Crippen LogP contribution in [-0.4, -0.2) is 26.4 Å². The molecule has 1 aromatic rings. The number of carboxylic acid groups (broad SMARTS) is 1. The second-order valence-corrected chi connectivity index (χ2v) is 4.78. The van der Waals surface area contributed by atoms with E-state index in [9.17, 15) is 9.90 Å². The molecule has 1 rings (SSSR count). The molecule has 0 aromatic carbocycles. The van der Waals surface area contributed by atoms with Gasteiger partial charge in [-0.25, -0.2) is 0 Å². The second-order valence-electron chi connectivity index (χ2n) is 4.43. The van der Waals surface area contributed by atoms with E-state index in [2.05, 4.69) is 10.4 Å². The quantitative estimate of drug-likeness (QED) is 0.833. The fourth-order valence-electron chi connectivity index (χ4n) is 2.01. The van der Waals surface area contributed by atoms with Crippen molar-refractivity contribution in [2.24, 2.45) is 7.05 Å². The lowest BCUT2D eigenvalue weighted by Crippen LogP contribution is -2.50. The molecule has 0 radical (unpaired) electrons. The maximum absolute atomic E-state index is 11.4. The average molecular weight is 274 g/mol. The summed E-state index contributed by atoms with van der Waals surface area (Å²) < 4.78 is 1.59. The van der Waals surface area contributed by atoms with Gasteiger partial charge < -0.3 is 5.11 Å². The average Bonchev–Trinajstić information content (AvgIpc) is 2.56. The Morgan fingerprint density at radius 3 is 2.39 bits per heavy atom. The molecule has 0 bridgehead atoms. The number of rotatable bonds is 6. The second kappa shape index (κ2) is 5.71. The molecule has 0 unspecified atom stereocenters. The Labute approximate surface area is 112 Å². The van der Waals surface area contributed by atoms with Gasteiger partial charge >= 0.3 is 5.97 Å². The lowest BCUT2D eigenvalue weighted by molar-refractivity contribution is -0.145. The summed E-state index contributed by atoms with van der Waals surface area (Å²) in [6.07, 6.45) is 1.05. The van der Waals surface area contributed by atoms with Gasteiger partial charge in [-0.1, -0.05) is 25.4 Å². The lowest BCUT2D eigenvalue weighted by Gasteiger charge is -2.28. The molecule has 0 saturated heterocycles. The van der Waals surface area contributed by atoms with Gasteiger partial charge in [-0.2, -0.15) is 5.10 Å². The molecule has 0 atom stereocenters. The molecule has 0 amide bonds. The topological polar surface area (TPSA) is 67.2 Å². The first kappa shape index (κ1) is 15.0. The largest absolute Gasteiger partial charge is 0.480 e. The maximum Gasteiger partial charge on any atom is 0.323 e. The highest BCUT2D eigenvalue weighted by Gasteiger charge is 2.34. The summed E-state index contributed by atoms with van der Waals surface area (Å²) in [6, 6.07) is 0. The van der Waals surface area contributed by atoms with E-state index in [1.54, 1.807) is 11.7 Å². The van der Waals surface area contributed by atoms with Crippen LogP contribution in [0.5, 0.6) is 0 Å². The number of halogens is 1. The number of hydrogen-bond acceptors (Lipinski definition) is 3. The minimum atomic E-state index is -0.897. The molecular weight excluding hydrogens is 254 g/mol. The molecule has 2 N–H and O–H groups in total. The first-order valence-corrected chi connectivity index (χ1v) is 6.42. The van der Waals surface area contributed by atoms with E-state index in [4.69, 9.17) is 11.6 Å². The van der Waals surface area contributed by atoms with Crippen molar-refractivity contribution in [2.45, 2.75) is 45.7 Å². The van der Waals surface area contributed by atoms with E-state index in [0.717, 1.165) is 11.3 Å². The van der Waals surface area contributed by atoms with Crippen LogP contribution in [0.4, 0.5) is 0 Å². The van der Waals surface area contributed by atoms with Crippen LogP contribution in [0.3, 0.4) is 0 Å². The van der Waals surface area contributed by atoms with Crippen molar-refractivity contribution in [3.8, 4) is 0 Å². The first-order valence-electron chi connectivity index (χ1n) is 6.04. The van der Waals surface area contributed by atoms with Crippen LogP contribution in [-0.2, 0) is 18.4 Å². The normalized spacial score (nSPS) is 11.8. The third-order valence-corrected chi connectivity index (χ3v) is 3.96. The number of aryl methyl sites for hydroxylation is 2. The van der Waals surface area contributed by atoms with Gasteiger partial charge in [-0.05, 0) is 19.8 Å². The highest BCUT2D eigenvalue weighted by atomic mass is 35.5. The van der Waals surface area contributed by atoms with Crippen molar-refractivity contribution in [3.05, 3.63) is 16.4 Å². The minimum absolute atomic E-state index is 0.409. The fraction of sp³-hybridized carbons (Fsp3) is 0.667. The first-order chi connectivity index (χ1) is 8.38. The van der Waals surface area contributed by atoms with Gasteiger partial charge in [0.25, 0.3) is 0 Å². The minimum Gasteiger partial charge on any atom is -0.480 e. The number of carboxylic acids is 1. The van der Waals surface area contributed by atoms with Crippen LogP contribution in [0.2, 0.25) is 5.15 Å². The van der Waals surface area contributed by atoms with Crippen molar-refractivity contribution in [1.82, 2.24) is 15.1 Å². The van der Waals surface area contributed by atoms with Gasteiger partial charge in [0, 0.05) is 19.2 Å². The summed E-state index contributed by atoms with van der Waals surface area (Å²) >= 11 is 6.12. The Morgan fingerprint density at radius 1 is 1.50 bits per heavy atom. The molecule has 6 heteroatoms. The highest BCUT2D eigenvalue weighted by molar-refractivity contribution is 6.30. The van der Waals surface area contributed by atoms with Gasteiger partial charge in [0.1, 0.15) is 10.7 Å². The molecular formula is C12H20ClN3O2. The van der Waals surface area contributed by atoms with Gasteiger partial charge in [0.2, 0.25) is 0 Å². The molecule has 18 heavy (non-hydrogen) atoms. The molecule has 1 aromatic heterocycles. The number of carbonyl (C=O) groups is 1. The van der Waals surface area contributed by atoms with Gasteiger partial charge in [-0.15, -0.1) is 0 Å². The third-order valence-electron chi connectivity index (χ3n) is 3.49. The number of aromatic nitrogens is 2. The molecule has 0 aliphatic heterocycles. The summed E-state index contributed by atoms with van der Waals surface area (Å²) in [5, 5.41) is 17.2. The molecule has 1 heterocycles. The Bertz CT molecular complexity index is 439. The predicted molar refractivity (Wildman–Crippen MR) is 70.7 cm³/mol. The number of hydrogen-bond donors (Lipinski definition) is 2. The van der Waals surface area contributed by atoms with E-state index in [-0.39, 0.29) is 0 Å². The Balaban J connectivity index is 2.89. The van der Waals surface area contributed by atoms with Gasteiger partial charge in [-0.3, -0.25) is 14.8 Å². The van der Waals surface area contributed by atoms with E-state index >= 15 is 0 Å². The summed E-state index contributed by atoms with van der Waals surface area (Å²) in [7, 11) is 1.77. The van der Waals surface area contributed by atoms with E-state index in [0.29, 0.717) is 24.5 Å². The van der Waals surface area contributed by atoms with E-state index < -0.39 is 11.5 Å². The summed E-state index contributed by atoms with van der Waals surface area (Å²) in [5.74, 6) is -0.829. The van der Waals surface area contributed by atoms with Gasteiger partial charge in [0.05, 0.1) is 5.69 Å². The van der Waals surface area contributed by atoms with Crippen LogP contribution in [0.15, 0.2) is 0 Å². The zero-order valence-corrected chi connectivity index (χ0v) is 12.0. The van der Waals surface area contributed by atoms with Crippen LogP contribution in [0.1, 0.15) is 37.9 Å². The van der Waals surface area contributed by atoms with Crippen molar-refractivity contribution < 1.29 is 9.90 Å². The maximum atomic E-state index is 11.4. The monoisotopic (exact) mass is 273 g/mol. The Hall–Kier alpha value is -1.07. The lowest BCUT2D eigenvalue weighted by atomic mass is 9.92. The summed E-state index contributed by atoms with van der Waals surface area (Å²) in [6.45, 7) is 6.00. The van der Waals surface area contributed by atoms with Crippen LogP contribution in [0, 0.1) is 6.92 Å². The summed E-state index contributed by atoms with van der Waals surface area (Å²) in [4.78, 5) is 11.4. The highest BCUT2D eigenvalue weighted by Crippen LogP contribution is 2.21. The van der Waals surface area contributed by atoms with Crippen molar-refractivity contribution in [1.29, 1.82) is 0 Å². The molecule has 0 fully saturated rings. The number of nitrogens with zero attached hydrogens (tertiary/aromatic N) is 2. The number of aliphatic carboxylic acids is 1. The Morgan fingerprint density at radius 2 is 2.06 bits per heavy atom. The molecule has 0 aliphatic rings. The van der Waals surface area contributed by atoms with Crippen LogP contribution >= 0.6 is 11.6 Å². The number of nitrogens with one attached hydrogen (secondary N) is 1.